The molecule has 5 heteroatoms. The van der Waals surface area contributed by atoms with Crippen molar-refractivity contribution in [2.45, 2.75) is 26.2 Å². The SMILES string of the molecule is CN1CC(c2cccc(N)c2NCCCO)C(C)(C)C1=O. The van der Waals surface area contributed by atoms with Crippen LogP contribution in [0.5, 0.6) is 0 Å². The van der Waals surface area contributed by atoms with Crippen LogP contribution in [0.1, 0.15) is 31.7 Å². The number of rotatable bonds is 5. The summed E-state index contributed by atoms with van der Waals surface area (Å²) in [6, 6.07) is 5.83. The summed E-state index contributed by atoms with van der Waals surface area (Å²) in [5.41, 5.74) is 8.33. The summed E-state index contributed by atoms with van der Waals surface area (Å²) >= 11 is 0. The third-order valence-electron chi connectivity index (χ3n) is 4.37. The number of nitrogens with two attached hydrogens (primary N) is 1. The maximum atomic E-state index is 12.3. The number of carbonyl (C=O) groups excluding carboxylic acids is 1. The fourth-order valence-electron chi connectivity index (χ4n) is 3.09. The molecule has 0 bridgehead atoms. The number of nitrogens with one attached hydrogen (secondary N) is 1. The van der Waals surface area contributed by atoms with Crippen LogP contribution in [0.2, 0.25) is 0 Å². The van der Waals surface area contributed by atoms with Crippen molar-refractivity contribution in [3.63, 3.8) is 0 Å². The van der Waals surface area contributed by atoms with Crippen LogP contribution in [0, 0.1) is 5.41 Å². The van der Waals surface area contributed by atoms with Crippen LogP contribution in [-0.4, -0.2) is 42.7 Å². The van der Waals surface area contributed by atoms with Crippen molar-refractivity contribution in [1.82, 2.24) is 4.90 Å². The van der Waals surface area contributed by atoms with E-state index in [1.54, 1.807) is 4.90 Å². The van der Waals surface area contributed by atoms with Crippen LogP contribution in [0.4, 0.5) is 11.4 Å². The number of nitrogens with zero attached hydrogens (tertiary/aromatic N) is 1. The molecule has 21 heavy (non-hydrogen) atoms. The van der Waals surface area contributed by atoms with E-state index in [4.69, 9.17) is 10.8 Å². The molecule has 1 aromatic carbocycles. The molecule has 1 fully saturated rings. The molecule has 1 heterocycles. The van der Waals surface area contributed by atoms with Gasteiger partial charge < -0.3 is 21.1 Å². The average molecular weight is 291 g/mol. The highest BCUT2D eigenvalue weighted by Crippen LogP contribution is 2.46. The lowest BCUT2D eigenvalue weighted by Crippen LogP contribution is -2.29. The highest BCUT2D eigenvalue weighted by atomic mass is 16.3. The van der Waals surface area contributed by atoms with E-state index in [0.717, 1.165) is 11.3 Å². The summed E-state index contributed by atoms with van der Waals surface area (Å²) in [4.78, 5) is 14.1. The zero-order valence-electron chi connectivity index (χ0n) is 13.0. The maximum Gasteiger partial charge on any atom is 0.228 e. The van der Waals surface area contributed by atoms with Gasteiger partial charge in [0.05, 0.1) is 16.8 Å². The number of hydrogen-bond donors (Lipinski definition) is 3. The molecule has 1 atom stereocenters. The molecule has 1 saturated heterocycles. The first-order chi connectivity index (χ1) is 9.89. The number of amides is 1. The van der Waals surface area contributed by atoms with E-state index in [1.165, 1.54) is 0 Å². The second-order valence-electron chi connectivity index (χ2n) is 6.28. The van der Waals surface area contributed by atoms with Gasteiger partial charge in [0.15, 0.2) is 0 Å². The number of para-hydroxylation sites is 1. The number of aliphatic hydroxyl groups is 1. The number of likely N-dealkylation sites (tertiary alicyclic amines) is 1. The standard InChI is InChI=1S/C16H25N3O2/c1-16(2)12(10-19(3)15(16)21)11-6-4-7-13(17)14(11)18-8-5-9-20/h4,6-7,12,18,20H,5,8-10,17H2,1-3H3. The Bertz CT molecular complexity index is 528. The van der Waals surface area contributed by atoms with Crippen molar-refractivity contribution in [3.8, 4) is 0 Å². The molecule has 1 aliphatic heterocycles. The summed E-state index contributed by atoms with van der Waals surface area (Å²) in [6.45, 7) is 5.48. The number of benzene rings is 1. The summed E-state index contributed by atoms with van der Waals surface area (Å²) in [5.74, 6) is 0.270. The molecule has 1 aliphatic rings. The Balaban J connectivity index is 2.35. The summed E-state index contributed by atoms with van der Waals surface area (Å²) in [6.07, 6.45) is 0.667. The fourth-order valence-corrected chi connectivity index (χ4v) is 3.09. The first-order valence-electron chi connectivity index (χ1n) is 7.38. The zero-order valence-corrected chi connectivity index (χ0v) is 13.0. The minimum absolute atomic E-state index is 0.107. The van der Waals surface area contributed by atoms with Crippen molar-refractivity contribution in [1.29, 1.82) is 0 Å². The molecule has 0 aromatic heterocycles. The second-order valence-corrected chi connectivity index (χ2v) is 6.28. The third-order valence-corrected chi connectivity index (χ3v) is 4.37. The summed E-state index contributed by atoms with van der Waals surface area (Å²) in [5, 5.41) is 12.2. The minimum atomic E-state index is -0.435. The molecule has 4 N–H and O–H groups in total. The number of aliphatic hydroxyl groups excluding tert-OH is 1. The van der Waals surface area contributed by atoms with E-state index in [1.807, 2.05) is 39.1 Å². The highest BCUT2D eigenvalue weighted by Gasteiger charge is 2.47. The number of carbonyl (C=O) groups is 1. The zero-order chi connectivity index (χ0) is 15.6. The second kappa shape index (κ2) is 5.93. The number of hydrogen-bond acceptors (Lipinski definition) is 4. The Morgan fingerprint density at radius 2 is 2.19 bits per heavy atom. The molecule has 116 valence electrons. The summed E-state index contributed by atoms with van der Waals surface area (Å²) < 4.78 is 0. The molecule has 1 unspecified atom stereocenters. The third kappa shape index (κ3) is 2.83. The van der Waals surface area contributed by atoms with Crippen molar-refractivity contribution < 1.29 is 9.90 Å². The molecule has 1 aromatic rings. The molecular weight excluding hydrogens is 266 g/mol. The molecular formula is C16H25N3O2. The van der Waals surface area contributed by atoms with Crippen LogP contribution in [0.25, 0.3) is 0 Å². The molecule has 5 nitrogen and oxygen atoms in total. The van der Waals surface area contributed by atoms with Gasteiger partial charge in [-0.2, -0.15) is 0 Å². The van der Waals surface area contributed by atoms with Gasteiger partial charge in [-0.05, 0) is 18.1 Å². The van der Waals surface area contributed by atoms with Gasteiger partial charge in [0.1, 0.15) is 0 Å². The van der Waals surface area contributed by atoms with E-state index < -0.39 is 5.41 Å². The van der Waals surface area contributed by atoms with E-state index in [-0.39, 0.29) is 18.4 Å². The van der Waals surface area contributed by atoms with Crippen LogP contribution in [0.15, 0.2) is 18.2 Å². The smallest absolute Gasteiger partial charge is 0.228 e. The Labute approximate surface area is 126 Å². The van der Waals surface area contributed by atoms with Gasteiger partial charge in [0, 0.05) is 32.7 Å². The molecule has 2 rings (SSSR count). The number of likely N-dealkylation sites (N-methyl/N-ethyl adjacent to an activating group) is 1. The van der Waals surface area contributed by atoms with E-state index in [2.05, 4.69) is 5.32 Å². The van der Waals surface area contributed by atoms with Gasteiger partial charge in [0.2, 0.25) is 5.91 Å². The van der Waals surface area contributed by atoms with Gasteiger partial charge in [-0.25, -0.2) is 0 Å². The Morgan fingerprint density at radius 1 is 1.48 bits per heavy atom. The Hall–Kier alpha value is -1.75. The predicted molar refractivity (Wildman–Crippen MR) is 85.2 cm³/mol. The molecule has 0 radical (unpaired) electrons. The van der Waals surface area contributed by atoms with Gasteiger partial charge in [-0.1, -0.05) is 26.0 Å². The van der Waals surface area contributed by atoms with Crippen LogP contribution >= 0.6 is 0 Å². The Kier molecular flexibility index (Phi) is 4.42. The first kappa shape index (κ1) is 15.6. The van der Waals surface area contributed by atoms with E-state index in [9.17, 15) is 4.79 Å². The van der Waals surface area contributed by atoms with Crippen molar-refractivity contribution in [3.05, 3.63) is 23.8 Å². The van der Waals surface area contributed by atoms with Crippen LogP contribution < -0.4 is 11.1 Å². The molecule has 0 saturated carbocycles. The lowest BCUT2D eigenvalue weighted by atomic mass is 9.76. The van der Waals surface area contributed by atoms with Crippen molar-refractivity contribution in [2.75, 3.05) is 37.8 Å². The monoisotopic (exact) mass is 291 g/mol. The quantitative estimate of drug-likeness (QED) is 0.569. The number of anilines is 2. The summed E-state index contributed by atoms with van der Waals surface area (Å²) in [7, 11) is 1.84. The largest absolute Gasteiger partial charge is 0.397 e. The molecule has 0 spiro atoms. The van der Waals surface area contributed by atoms with Gasteiger partial charge in [-0.15, -0.1) is 0 Å². The molecule has 1 amide bonds. The van der Waals surface area contributed by atoms with Crippen molar-refractivity contribution >= 4 is 17.3 Å². The van der Waals surface area contributed by atoms with Gasteiger partial charge >= 0.3 is 0 Å². The average Bonchev–Trinajstić information content (AvgIpc) is 2.64. The minimum Gasteiger partial charge on any atom is -0.397 e. The van der Waals surface area contributed by atoms with Gasteiger partial charge in [0.25, 0.3) is 0 Å². The topological polar surface area (TPSA) is 78.6 Å². The number of nitrogen functional groups attached to an aromatic ring is 1. The van der Waals surface area contributed by atoms with Gasteiger partial charge in [-0.3, -0.25) is 4.79 Å². The maximum absolute atomic E-state index is 12.3. The Morgan fingerprint density at radius 3 is 2.76 bits per heavy atom. The lowest BCUT2D eigenvalue weighted by molar-refractivity contribution is -0.133. The van der Waals surface area contributed by atoms with Crippen LogP contribution in [0.3, 0.4) is 0 Å². The molecule has 0 aliphatic carbocycles. The first-order valence-corrected chi connectivity index (χ1v) is 7.38. The highest BCUT2D eigenvalue weighted by molar-refractivity contribution is 5.86. The normalized spacial score (nSPS) is 20.9. The van der Waals surface area contributed by atoms with Crippen LogP contribution in [-0.2, 0) is 4.79 Å². The fraction of sp³-hybridized carbons (Fsp3) is 0.562. The van der Waals surface area contributed by atoms with E-state index in [0.29, 0.717) is 25.2 Å². The predicted octanol–water partition coefficient (Wildman–Crippen LogP) is 1.64. The van der Waals surface area contributed by atoms with E-state index >= 15 is 0 Å². The van der Waals surface area contributed by atoms with Crippen molar-refractivity contribution in [2.24, 2.45) is 5.41 Å². The lowest BCUT2D eigenvalue weighted by Gasteiger charge is -2.26.